The molecule has 1 N–H and O–H groups in total. The van der Waals surface area contributed by atoms with Crippen molar-refractivity contribution in [2.24, 2.45) is 23.7 Å². The van der Waals surface area contributed by atoms with Crippen LogP contribution in [0, 0.1) is 23.7 Å². The minimum absolute atomic E-state index is 0.123. The van der Waals surface area contributed by atoms with Crippen molar-refractivity contribution in [2.75, 3.05) is 23.9 Å². The molecule has 8 nitrogen and oxygen atoms in total. The summed E-state index contributed by atoms with van der Waals surface area (Å²) in [4.78, 5) is 51.6. The van der Waals surface area contributed by atoms with Crippen LogP contribution in [0.5, 0.6) is 5.75 Å². The summed E-state index contributed by atoms with van der Waals surface area (Å²) in [5.74, 6) is -0.552. The summed E-state index contributed by atoms with van der Waals surface area (Å²) in [6, 6.07) is 13.0. The zero-order valence-corrected chi connectivity index (χ0v) is 18.2. The van der Waals surface area contributed by atoms with Gasteiger partial charge in [-0.1, -0.05) is 6.07 Å². The summed E-state index contributed by atoms with van der Waals surface area (Å²) in [6.07, 6.45) is 3.03. The molecule has 1 saturated heterocycles. The van der Waals surface area contributed by atoms with E-state index in [9.17, 15) is 19.2 Å². The summed E-state index contributed by atoms with van der Waals surface area (Å²) < 4.78 is 10.2. The van der Waals surface area contributed by atoms with Gasteiger partial charge < -0.3 is 14.8 Å². The van der Waals surface area contributed by atoms with Gasteiger partial charge in [0.2, 0.25) is 11.8 Å². The lowest BCUT2D eigenvalue weighted by molar-refractivity contribution is -0.123. The molecule has 1 aliphatic heterocycles. The van der Waals surface area contributed by atoms with E-state index in [-0.39, 0.29) is 29.2 Å². The molecule has 2 aromatic rings. The van der Waals surface area contributed by atoms with Crippen molar-refractivity contribution in [3.05, 3.63) is 54.1 Å². The fourth-order valence-electron chi connectivity index (χ4n) is 5.52. The quantitative estimate of drug-likeness (QED) is 0.538. The predicted molar refractivity (Wildman–Crippen MR) is 119 cm³/mol. The maximum atomic E-state index is 12.9. The highest BCUT2D eigenvalue weighted by molar-refractivity contribution is 6.22. The number of carbonyl (C=O) groups excluding carboxylic acids is 4. The van der Waals surface area contributed by atoms with E-state index in [1.165, 1.54) is 24.1 Å². The smallest absolute Gasteiger partial charge is 0.338 e. The van der Waals surface area contributed by atoms with Gasteiger partial charge in [-0.2, -0.15) is 0 Å². The molecule has 0 aromatic heterocycles. The van der Waals surface area contributed by atoms with Crippen LogP contribution in [0.25, 0.3) is 0 Å². The molecule has 2 aromatic carbocycles. The Morgan fingerprint density at radius 1 is 1.00 bits per heavy atom. The second-order valence-corrected chi connectivity index (χ2v) is 8.80. The first kappa shape index (κ1) is 21.2. The fraction of sp³-hybridized carbons (Fsp3) is 0.360. The van der Waals surface area contributed by atoms with Gasteiger partial charge in [0.1, 0.15) is 5.75 Å². The van der Waals surface area contributed by atoms with E-state index < -0.39 is 18.5 Å². The van der Waals surface area contributed by atoms with Crippen LogP contribution in [-0.4, -0.2) is 37.4 Å². The van der Waals surface area contributed by atoms with E-state index >= 15 is 0 Å². The van der Waals surface area contributed by atoms with Gasteiger partial charge in [0.25, 0.3) is 5.91 Å². The van der Waals surface area contributed by atoms with Gasteiger partial charge >= 0.3 is 5.97 Å². The van der Waals surface area contributed by atoms with Crippen molar-refractivity contribution in [3.63, 3.8) is 0 Å². The average Bonchev–Trinajstić information content (AvgIpc) is 3.51. The molecular formula is C25H24N2O6. The number of hydrogen-bond acceptors (Lipinski definition) is 6. The topological polar surface area (TPSA) is 102 Å². The second kappa shape index (κ2) is 8.35. The molecule has 3 amide bonds. The van der Waals surface area contributed by atoms with Crippen molar-refractivity contribution < 1.29 is 28.7 Å². The fourth-order valence-corrected chi connectivity index (χ4v) is 5.52. The summed E-state index contributed by atoms with van der Waals surface area (Å²) in [5, 5.41) is 2.63. The number of hydrogen-bond donors (Lipinski definition) is 1. The zero-order chi connectivity index (χ0) is 23.1. The van der Waals surface area contributed by atoms with E-state index in [4.69, 9.17) is 9.47 Å². The molecular weight excluding hydrogens is 424 g/mol. The number of amides is 3. The first-order valence-corrected chi connectivity index (χ1v) is 11.0. The Hall–Kier alpha value is -3.68. The molecule has 0 unspecified atom stereocenters. The highest BCUT2D eigenvalue weighted by Gasteiger charge is 2.61. The molecule has 33 heavy (non-hydrogen) atoms. The van der Waals surface area contributed by atoms with Crippen molar-refractivity contribution in [3.8, 4) is 5.75 Å². The number of nitrogens with zero attached hydrogens (tertiary/aromatic N) is 1. The minimum atomic E-state index is -0.670. The summed E-state index contributed by atoms with van der Waals surface area (Å²) in [5.41, 5.74) is 1.22. The Kier molecular flexibility index (Phi) is 5.36. The number of benzene rings is 2. The summed E-state index contributed by atoms with van der Waals surface area (Å²) in [7, 11) is 1.53. The number of esters is 1. The number of fused-ring (bicyclic) bond motifs is 5. The molecule has 170 valence electrons. The van der Waals surface area contributed by atoms with Crippen LogP contribution >= 0.6 is 0 Å². The highest BCUT2D eigenvalue weighted by Crippen LogP contribution is 2.56. The average molecular weight is 448 g/mol. The maximum Gasteiger partial charge on any atom is 0.338 e. The third-order valence-electron chi connectivity index (χ3n) is 6.98. The predicted octanol–water partition coefficient (Wildman–Crippen LogP) is 3.03. The van der Waals surface area contributed by atoms with Crippen LogP contribution in [0.15, 0.2) is 48.5 Å². The molecule has 4 atom stereocenters. The van der Waals surface area contributed by atoms with E-state index in [1.807, 2.05) is 0 Å². The van der Waals surface area contributed by atoms with Crippen LogP contribution in [0.3, 0.4) is 0 Å². The Morgan fingerprint density at radius 3 is 2.30 bits per heavy atom. The Balaban J connectivity index is 1.19. The minimum Gasteiger partial charge on any atom is -0.497 e. The van der Waals surface area contributed by atoms with Crippen molar-refractivity contribution in [2.45, 2.75) is 19.3 Å². The molecule has 2 bridgehead atoms. The van der Waals surface area contributed by atoms with Crippen LogP contribution in [0.2, 0.25) is 0 Å². The number of carbonyl (C=O) groups is 4. The standard InChI is InChI=1S/C25H24N2O6/c1-32-19-4-2-3-17(12-19)26-20(28)13-33-25(31)14-7-9-18(10-8-14)27-23(29)21-15-5-6-16(11-15)22(21)24(27)30/h2-4,7-10,12,15-16,21-22H,5-6,11,13H2,1H3,(H,26,28)/t15-,16-,21+,22+/m0/s1. The van der Waals surface area contributed by atoms with Gasteiger partial charge in [0.05, 0.1) is 30.2 Å². The van der Waals surface area contributed by atoms with Crippen LogP contribution in [-0.2, 0) is 19.1 Å². The number of rotatable bonds is 6. The third kappa shape index (κ3) is 3.75. The number of nitrogens with one attached hydrogen (secondary N) is 1. The maximum absolute atomic E-state index is 12.9. The van der Waals surface area contributed by atoms with Gasteiger partial charge in [-0.15, -0.1) is 0 Å². The van der Waals surface area contributed by atoms with E-state index in [0.29, 0.717) is 29.0 Å². The number of anilines is 2. The van der Waals surface area contributed by atoms with Crippen LogP contribution in [0.4, 0.5) is 11.4 Å². The summed E-state index contributed by atoms with van der Waals surface area (Å²) >= 11 is 0. The number of imide groups is 1. The highest BCUT2D eigenvalue weighted by atomic mass is 16.5. The molecule has 0 radical (unpaired) electrons. The lowest BCUT2D eigenvalue weighted by atomic mass is 9.81. The zero-order valence-electron chi connectivity index (χ0n) is 18.2. The van der Waals surface area contributed by atoms with Crippen molar-refractivity contribution in [1.82, 2.24) is 0 Å². The normalized spacial score (nSPS) is 25.2. The molecule has 3 fully saturated rings. The largest absolute Gasteiger partial charge is 0.497 e. The van der Waals surface area contributed by atoms with Gasteiger partial charge in [-0.05, 0) is 67.5 Å². The SMILES string of the molecule is COc1cccc(NC(=O)COC(=O)c2ccc(N3C(=O)[C@@H]4[C@H]5CC[C@@H](C5)[C@H]4C3=O)cc2)c1. The molecule has 1 heterocycles. The van der Waals surface area contributed by atoms with Gasteiger partial charge in [0.15, 0.2) is 6.61 Å². The van der Waals surface area contributed by atoms with Gasteiger partial charge in [-0.25, -0.2) is 4.79 Å². The van der Waals surface area contributed by atoms with Gasteiger partial charge in [0, 0.05) is 11.8 Å². The monoisotopic (exact) mass is 448 g/mol. The lowest BCUT2D eigenvalue weighted by Crippen LogP contribution is -2.32. The number of ether oxygens (including phenoxy) is 2. The molecule has 3 aliphatic rings. The molecule has 0 spiro atoms. The summed E-state index contributed by atoms with van der Waals surface area (Å²) in [6.45, 7) is -0.451. The second-order valence-electron chi connectivity index (χ2n) is 8.80. The van der Waals surface area contributed by atoms with E-state index in [1.54, 1.807) is 36.4 Å². The van der Waals surface area contributed by atoms with Crippen molar-refractivity contribution in [1.29, 1.82) is 0 Å². The van der Waals surface area contributed by atoms with Crippen molar-refractivity contribution >= 4 is 35.1 Å². The van der Waals surface area contributed by atoms with E-state index in [0.717, 1.165) is 19.3 Å². The molecule has 5 rings (SSSR count). The lowest BCUT2D eigenvalue weighted by Gasteiger charge is -2.19. The number of methoxy groups -OCH3 is 1. The van der Waals surface area contributed by atoms with Gasteiger partial charge in [-0.3, -0.25) is 19.3 Å². The molecule has 2 saturated carbocycles. The molecule has 2 aliphatic carbocycles. The molecule has 8 heteroatoms. The Labute approximate surface area is 190 Å². The van der Waals surface area contributed by atoms with Crippen LogP contribution in [0.1, 0.15) is 29.6 Å². The Morgan fingerprint density at radius 2 is 1.67 bits per heavy atom. The first-order chi connectivity index (χ1) is 16.0. The third-order valence-corrected chi connectivity index (χ3v) is 6.98. The first-order valence-electron chi connectivity index (χ1n) is 11.0. The Bertz CT molecular complexity index is 1100. The van der Waals surface area contributed by atoms with Crippen LogP contribution < -0.4 is 15.0 Å². The van der Waals surface area contributed by atoms with E-state index in [2.05, 4.69) is 5.32 Å².